The summed E-state index contributed by atoms with van der Waals surface area (Å²) in [6, 6.07) is 7.97. The van der Waals surface area contributed by atoms with Gasteiger partial charge in [0.05, 0.1) is 27.9 Å². The number of ether oxygens (including phenoxy) is 1. The van der Waals surface area contributed by atoms with Gasteiger partial charge in [-0.2, -0.15) is 0 Å². The van der Waals surface area contributed by atoms with E-state index in [0.717, 1.165) is 31.3 Å². The lowest BCUT2D eigenvalue weighted by molar-refractivity contribution is -0.118. The molecule has 31 heavy (non-hydrogen) atoms. The Kier molecular flexibility index (Phi) is 5.66. The van der Waals surface area contributed by atoms with Gasteiger partial charge in [0, 0.05) is 36.5 Å². The molecular formula is C21H22N4O5S. The first kappa shape index (κ1) is 20.9. The standard InChI is InChI=1S/C19H18N4O4S.C2H4O/c24-18-11-27-17-8-13(3-4-15(17)22-18)28(25,26)23-10-14(12-5-7-20-9-12)19-16(23)2-1-6-21-19;1-2-3/h1-4,6,8,10,12,20H,5,7,9,11H2,(H,22,24);2-3H,1H2. The van der Waals surface area contributed by atoms with Crippen LogP contribution in [0.2, 0.25) is 0 Å². The second-order valence-corrected chi connectivity index (χ2v) is 8.94. The molecule has 5 rings (SSSR count). The van der Waals surface area contributed by atoms with E-state index >= 15 is 0 Å². The second kappa shape index (κ2) is 8.40. The summed E-state index contributed by atoms with van der Waals surface area (Å²) >= 11 is 0. The summed E-state index contributed by atoms with van der Waals surface area (Å²) in [7, 11) is -3.86. The Balaban J connectivity index is 0.000000730. The summed E-state index contributed by atoms with van der Waals surface area (Å²) in [5.41, 5.74) is 2.66. The zero-order chi connectivity index (χ0) is 22.0. The summed E-state index contributed by atoms with van der Waals surface area (Å²) < 4.78 is 33.5. The molecule has 3 N–H and O–H groups in total. The number of anilines is 1. The fourth-order valence-electron chi connectivity index (χ4n) is 3.80. The number of carbonyl (C=O) groups is 1. The maximum absolute atomic E-state index is 13.4. The van der Waals surface area contributed by atoms with E-state index in [9.17, 15) is 13.2 Å². The summed E-state index contributed by atoms with van der Waals surface area (Å²) in [5.74, 6) is 0.312. The van der Waals surface area contributed by atoms with Crippen molar-refractivity contribution in [2.75, 3.05) is 25.0 Å². The zero-order valence-corrected chi connectivity index (χ0v) is 17.4. The number of benzene rings is 1. The Morgan fingerprint density at radius 3 is 2.87 bits per heavy atom. The van der Waals surface area contributed by atoms with Gasteiger partial charge in [-0.3, -0.25) is 9.78 Å². The summed E-state index contributed by atoms with van der Waals surface area (Å²) in [6.07, 6.45) is 5.06. The molecule has 0 saturated carbocycles. The van der Waals surface area contributed by atoms with E-state index in [0.29, 0.717) is 22.5 Å². The van der Waals surface area contributed by atoms with Crippen LogP contribution in [0.1, 0.15) is 17.9 Å². The van der Waals surface area contributed by atoms with Crippen LogP contribution in [0.15, 0.2) is 60.5 Å². The molecule has 2 aliphatic heterocycles. The summed E-state index contributed by atoms with van der Waals surface area (Å²) in [5, 5.41) is 13.3. The average molecular weight is 442 g/mol. The number of nitrogens with zero attached hydrogens (tertiary/aromatic N) is 2. The molecule has 10 heteroatoms. The van der Waals surface area contributed by atoms with E-state index in [1.54, 1.807) is 30.6 Å². The van der Waals surface area contributed by atoms with Crippen molar-refractivity contribution in [1.82, 2.24) is 14.3 Å². The number of carbonyl (C=O) groups excluding carboxylic acids is 1. The quantitative estimate of drug-likeness (QED) is 0.532. The largest absolute Gasteiger partial charge is 0.516 e. The van der Waals surface area contributed by atoms with Gasteiger partial charge in [0.15, 0.2) is 6.61 Å². The van der Waals surface area contributed by atoms with Crippen molar-refractivity contribution >= 4 is 32.7 Å². The fraction of sp³-hybridized carbons (Fsp3) is 0.238. The fourth-order valence-corrected chi connectivity index (χ4v) is 5.18. The molecule has 3 aromatic rings. The number of hydrogen-bond acceptors (Lipinski definition) is 7. The molecule has 0 bridgehead atoms. The minimum absolute atomic E-state index is 0.0965. The minimum atomic E-state index is -3.86. The number of fused-ring (bicyclic) bond motifs is 2. The highest BCUT2D eigenvalue weighted by atomic mass is 32.2. The molecule has 4 heterocycles. The van der Waals surface area contributed by atoms with Gasteiger partial charge in [-0.15, -0.1) is 0 Å². The van der Waals surface area contributed by atoms with Gasteiger partial charge < -0.3 is 20.5 Å². The molecule has 1 aromatic carbocycles. The Bertz CT molecular complexity index is 1250. The molecule has 1 unspecified atom stereocenters. The monoisotopic (exact) mass is 442 g/mol. The first-order valence-corrected chi connectivity index (χ1v) is 11.1. The number of aliphatic hydroxyl groups is 1. The molecule has 1 atom stereocenters. The van der Waals surface area contributed by atoms with Crippen molar-refractivity contribution in [2.24, 2.45) is 0 Å². The number of amides is 1. The van der Waals surface area contributed by atoms with Crippen molar-refractivity contribution in [2.45, 2.75) is 17.2 Å². The first-order chi connectivity index (χ1) is 15.0. The van der Waals surface area contributed by atoms with Crippen molar-refractivity contribution in [3.8, 4) is 5.75 Å². The average Bonchev–Trinajstić information content (AvgIpc) is 3.42. The molecule has 0 radical (unpaired) electrons. The molecule has 2 aliphatic rings. The maximum Gasteiger partial charge on any atom is 0.268 e. The van der Waals surface area contributed by atoms with E-state index in [1.807, 2.05) is 0 Å². The highest BCUT2D eigenvalue weighted by Crippen LogP contribution is 2.34. The lowest BCUT2D eigenvalue weighted by Gasteiger charge is -2.18. The van der Waals surface area contributed by atoms with Crippen LogP contribution >= 0.6 is 0 Å². The van der Waals surface area contributed by atoms with Gasteiger partial charge in [0.1, 0.15) is 5.75 Å². The molecule has 9 nitrogen and oxygen atoms in total. The smallest absolute Gasteiger partial charge is 0.268 e. The van der Waals surface area contributed by atoms with Crippen molar-refractivity contribution in [1.29, 1.82) is 0 Å². The highest BCUT2D eigenvalue weighted by Gasteiger charge is 2.28. The third-order valence-corrected chi connectivity index (χ3v) is 6.87. The van der Waals surface area contributed by atoms with Crippen LogP contribution in [0, 0.1) is 0 Å². The van der Waals surface area contributed by atoms with Crippen LogP contribution in [0.4, 0.5) is 5.69 Å². The van der Waals surface area contributed by atoms with Crippen LogP contribution in [-0.4, -0.2) is 48.1 Å². The molecule has 1 amide bonds. The predicted molar refractivity (Wildman–Crippen MR) is 116 cm³/mol. The van der Waals surface area contributed by atoms with Gasteiger partial charge >= 0.3 is 0 Å². The molecule has 0 spiro atoms. The van der Waals surface area contributed by atoms with Crippen LogP contribution in [-0.2, 0) is 14.8 Å². The van der Waals surface area contributed by atoms with E-state index in [1.165, 1.54) is 16.1 Å². The number of aromatic nitrogens is 2. The zero-order valence-electron chi connectivity index (χ0n) is 16.6. The topological polar surface area (TPSA) is 123 Å². The first-order valence-electron chi connectivity index (χ1n) is 9.69. The lowest BCUT2D eigenvalue weighted by Crippen LogP contribution is -2.25. The molecular weight excluding hydrogens is 420 g/mol. The van der Waals surface area contributed by atoms with Gasteiger partial charge in [-0.1, -0.05) is 6.58 Å². The van der Waals surface area contributed by atoms with Crippen molar-refractivity contribution in [3.05, 3.63) is 61.1 Å². The van der Waals surface area contributed by atoms with Crippen LogP contribution in [0.5, 0.6) is 5.75 Å². The Morgan fingerprint density at radius 2 is 2.13 bits per heavy atom. The predicted octanol–water partition coefficient (Wildman–Crippen LogP) is 2.37. The van der Waals surface area contributed by atoms with E-state index in [-0.39, 0.29) is 23.3 Å². The third-order valence-electron chi connectivity index (χ3n) is 5.20. The number of aliphatic hydroxyl groups excluding tert-OH is 1. The molecule has 2 aromatic heterocycles. The van der Waals surface area contributed by atoms with Crippen molar-refractivity contribution in [3.63, 3.8) is 0 Å². The maximum atomic E-state index is 13.4. The van der Waals surface area contributed by atoms with E-state index in [4.69, 9.17) is 9.84 Å². The Labute approximate surface area is 179 Å². The van der Waals surface area contributed by atoms with Crippen molar-refractivity contribution < 1.29 is 23.1 Å². The third kappa shape index (κ3) is 3.87. The highest BCUT2D eigenvalue weighted by molar-refractivity contribution is 7.90. The van der Waals surface area contributed by atoms with Gasteiger partial charge in [0.2, 0.25) is 0 Å². The van der Waals surface area contributed by atoms with Crippen LogP contribution in [0.3, 0.4) is 0 Å². The Hall–Kier alpha value is -3.37. The van der Waals surface area contributed by atoms with Crippen LogP contribution < -0.4 is 15.4 Å². The molecule has 1 fully saturated rings. The Morgan fingerprint density at radius 1 is 1.32 bits per heavy atom. The number of rotatable bonds is 3. The van der Waals surface area contributed by atoms with Gasteiger partial charge in [-0.25, -0.2) is 12.4 Å². The lowest BCUT2D eigenvalue weighted by atomic mass is 10.0. The minimum Gasteiger partial charge on any atom is -0.516 e. The van der Waals surface area contributed by atoms with Gasteiger partial charge in [0.25, 0.3) is 15.9 Å². The summed E-state index contributed by atoms with van der Waals surface area (Å²) in [4.78, 5) is 16.0. The number of pyridine rings is 1. The van der Waals surface area contributed by atoms with Gasteiger partial charge in [-0.05, 0) is 37.2 Å². The normalized spacial score (nSPS) is 17.8. The summed E-state index contributed by atoms with van der Waals surface area (Å²) in [6.45, 7) is 4.50. The molecule has 0 aliphatic carbocycles. The second-order valence-electron chi connectivity index (χ2n) is 7.12. The van der Waals surface area contributed by atoms with E-state index < -0.39 is 10.0 Å². The molecule has 1 saturated heterocycles. The SMILES string of the molecule is C=CO.O=C1COc2cc(S(=O)(=O)n3cc(C4CCNC4)c4ncccc43)ccc2N1. The number of hydrogen-bond donors (Lipinski definition) is 3. The molecule has 162 valence electrons. The number of nitrogens with one attached hydrogen (secondary N) is 2. The van der Waals surface area contributed by atoms with E-state index in [2.05, 4.69) is 22.2 Å². The van der Waals surface area contributed by atoms with Crippen LogP contribution in [0.25, 0.3) is 11.0 Å².